The Morgan fingerprint density at radius 1 is 1.17 bits per heavy atom. The number of benzene rings is 1. The molecule has 3 aromatic rings. The highest BCUT2D eigenvalue weighted by Gasteiger charge is 2.19. The Morgan fingerprint density at radius 3 is 2.90 bits per heavy atom. The molecule has 29 heavy (non-hydrogen) atoms. The minimum Gasteiger partial charge on any atom is -0.369 e. The van der Waals surface area contributed by atoms with Gasteiger partial charge in [-0.1, -0.05) is 23.8 Å². The zero-order valence-corrected chi connectivity index (χ0v) is 16.7. The molecule has 4 heterocycles. The van der Waals surface area contributed by atoms with Crippen molar-refractivity contribution in [2.45, 2.75) is 31.8 Å². The van der Waals surface area contributed by atoms with Crippen molar-refractivity contribution < 1.29 is 0 Å². The number of nitrogens with one attached hydrogen (secondary N) is 3. The summed E-state index contributed by atoms with van der Waals surface area (Å²) in [6, 6.07) is 6.30. The summed E-state index contributed by atoms with van der Waals surface area (Å²) >= 11 is 0. The standard InChI is InChI=1S/C20H27N9/c1-28-26-18(25-27-28)14-6-7-15-16(12-14)24-20-17(15)19(22-13-23-20)21-8-5-11-29-9-3-2-4-10-29/h6-7,12-13,18,26H,2-5,8-11H2,1H3,(H2,21,22,23,24). The van der Waals surface area contributed by atoms with E-state index in [1.807, 2.05) is 7.05 Å². The zero-order valence-electron chi connectivity index (χ0n) is 16.7. The van der Waals surface area contributed by atoms with Crippen LogP contribution in [0.3, 0.4) is 0 Å². The first-order chi connectivity index (χ1) is 14.3. The lowest BCUT2D eigenvalue weighted by Gasteiger charge is -2.26. The fraction of sp³-hybridized carbons (Fsp3) is 0.500. The number of nitrogens with zero attached hydrogens (tertiary/aromatic N) is 6. The van der Waals surface area contributed by atoms with Crippen LogP contribution in [-0.4, -0.2) is 58.2 Å². The molecule has 5 rings (SSSR count). The average Bonchev–Trinajstić information content (AvgIpc) is 3.35. The van der Waals surface area contributed by atoms with E-state index in [0.29, 0.717) is 0 Å². The van der Waals surface area contributed by atoms with Crippen LogP contribution in [-0.2, 0) is 0 Å². The largest absolute Gasteiger partial charge is 0.369 e. The van der Waals surface area contributed by atoms with Gasteiger partial charge in [-0.3, -0.25) is 0 Å². The van der Waals surface area contributed by atoms with Crippen molar-refractivity contribution in [1.29, 1.82) is 0 Å². The molecule has 0 spiro atoms. The van der Waals surface area contributed by atoms with Gasteiger partial charge in [0.25, 0.3) is 0 Å². The molecule has 0 radical (unpaired) electrons. The van der Waals surface area contributed by atoms with Crippen LogP contribution in [0.1, 0.15) is 37.4 Å². The van der Waals surface area contributed by atoms with Gasteiger partial charge in [0.2, 0.25) is 0 Å². The Labute approximate surface area is 169 Å². The monoisotopic (exact) mass is 393 g/mol. The highest BCUT2D eigenvalue weighted by molar-refractivity contribution is 6.11. The van der Waals surface area contributed by atoms with Gasteiger partial charge in [-0.2, -0.15) is 5.43 Å². The number of fused-ring (bicyclic) bond motifs is 3. The summed E-state index contributed by atoms with van der Waals surface area (Å²) in [5.41, 5.74) is 6.12. The molecule has 1 fully saturated rings. The van der Waals surface area contributed by atoms with E-state index >= 15 is 0 Å². The quantitative estimate of drug-likeness (QED) is 0.557. The van der Waals surface area contributed by atoms with Gasteiger partial charge in [0.1, 0.15) is 17.8 Å². The van der Waals surface area contributed by atoms with Gasteiger partial charge in [-0.25, -0.2) is 15.1 Å². The summed E-state index contributed by atoms with van der Waals surface area (Å²) in [5, 5.41) is 15.6. The lowest BCUT2D eigenvalue weighted by Crippen LogP contribution is -2.31. The van der Waals surface area contributed by atoms with Gasteiger partial charge in [0.15, 0.2) is 6.17 Å². The Bertz CT molecular complexity index is 1020. The third kappa shape index (κ3) is 3.75. The zero-order chi connectivity index (χ0) is 19.6. The van der Waals surface area contributed by atoms with Crippen LogP contribution >= 0.6 is 0 Å². The maximum absolute atomic E-state index is 4.52. The summed E-state index contributed by atoms with van der Waals surface area (Å²) in [5.74, 6) is 0.894. The summed E-state index contributed by atoms with van der Waals surface area (Å²) in [7, 11) is 1.84. The second kappa shape index (κ2) is 7.92. The summed E-state index contributed by atoms with van der Waals surface area (Å²) in [6.07, 6.45) is 6.63. The average molecular weight is 393 g/mol. The van der Waals surface area contributed by atoms with E-state index < -0.39 is 0 Å². The first kappa shape index (κ1) is 18.3. The van der Waals surface area contributed by atoms with Crippen LogP contribution in [0, 0.1) is 0 Å². The fourth-order valence-electron chi connectivity index (χ4n) is 4.24. The van der Waals surface area contributed by atoms with Gasteiger partial charge in [0.05, 0.1) is 5.39 Å². The number of anilines is 1. The minimum absolute atomic E-state index is 0.158. The van der Waals surface area contributed by atoms with Crippen LogP contribution < -0.4 is 10.7 Å². The predicted octanol–water partition coefficient (Wildman–Crippen LogP) is 3.21. The third-order valence-electron chi connectivity index (χ3n) is 5.73. The number of aromatic nitrogens is 3. The van der Waals surface area contributed by atoms with E-state index in [4.69, 9.17) is 0 Å². The number of piperidine rings is 1. The van der Waals surface area contributed by atoms with Crippen LogP contribution in [0.15, 0.2) is 34.9 Å². The van der Waals surface area contributed by atoms with Gasteiger partial charge in [-0.15, -0.1) is 5.11 Å². The van der Waals surface area contributed by atoms with E-state index in [1.54, 1.807) is 11.4 Å². The Hall–Kier alpha value is -2.78. The lowest BCUT2D eigenvalue weighted by molar-refractivity contribution is 0.228. The van der Waals surface area contributed by atoms with Crippen molar-refractivity contribution >= 4 is 27.8 Å². The van der Waals surface area contributed by atoms with Crippen molar-refractivity contribution in [2.24, 2.45) is 10.3 Å². The Balaban J connectivity index is 1.33. The lowest BCUT2D eigenvalue weighted by atomic mass is 10.1. The van der Waals surface area contributed by atoms with E-state index in [2.05, 4.69) is 59.1 Å². The minimum atomic E-state index is -0.158. The molecule has 1 atom stereocenters. The fourth-order valence-corrected chi connectivity index (χ4v) is 4.24. The van der Waals surface area contributed by atoms with Gasteiger partial charge in [0, 0.05) is 24.5 Å². The van der Waals surface area contributed by atoms with Crippen LogP contribution in [0.5, 0.6) is 0 Å². The SMILES string of the molecule is CN1N=NC(c2ccc3c(c2)[nH]c2ncnc(NCCCN4CCCCC4)c23)N1. The van der Waals surface area contributed by atoms with E-state index in [-0.39, 0.29) is 6.17 Å². The van der Waals surface area contributed by atoms with Gasteiger partial charge >= 0.3 is 0 Å². The molecule has 9 heteroatoms. The maximum Gasteiger partial charge on any atom is 0.166 e. The molecule has 0 aliphatic carbocycles. The molecule has 1 aromatic carbocycles. The maximum atomic E-state index is 4.52. The van der Waals surface area contributed by atoms with Crippen molar-refractivity contribution in [3.63, 3.8) is 0 Å². The Morgan fingerprint density at radius 2 is 2.07 bits per heavy atom. The Kier molecular flexibility index (Phi) is 4.99. The van der Waals surface area contributed by atoms with Gasteiger partial charge in [-0.05, 0) is 50.5 Å². The molecule has 2 aliphatic heterocycles. The van der Waals surface area contributed by atoms with E-state index in [1.165, 1.54) is 32.4 Å². The molecule has 1 saturated heterocycles. The molecular weight excluding hydrogens is 366 g/mol. The van der Waals surface area contributed by atoms with E-state index in [0.717, 1.165) is 52.8 Å². The highest BCUT2D eigenvalue weighted by atomic mass is 15.8. The summed E-state index contributed by atoms with van der Waals surface area (Å²) < 4.78 is 0. The number of aromatic amines is 1. The second-order valence-corrected chi connectivity index (χ2v) is 7.82. The molecule has 152 valence electrons. The molecule has 9 nitrogen and oxygen atoms in total. The second-order valence-electron chi connectivity index (χ2n) is 7.82. The number of likely N-dealkylation sites (tertiary alicyclic amines) is 1. The van der Waals surface area contributed by atoms with Crippen LogP contribution in [0.25, 0.3) is 21.9 Å². The van der Waals surface area contributed by atoms with Gasteiger partial charge < -0.3 is 15.2 Å². The van der Waals surface area contributed by atoms with Crippen LogP contribution in [0.2, 0.25) is 0 Å². The first-order valence-electron chi connectivity index (χ1n) is 10.4. The molecule has 3 N–H and O–H groups in total. The van der Waals surface area contributed by atoms with Crippen molar-refractivity contribution in [2.75, 3.05) is 38.5 Å². The number of hydrogen-bond acceptors (Lipinski definition) is 8. The molecule has 1 unspecified atom stereocenters. The summed E-state index contributed by atoms with van der Waals surface area (Å²) in [6.45, 7) is 4.55. The normalized spacial score (nSPS) is 20.2. The third-order valence-corrected chi connectivity index (χ3v) is 5.73. The van der Waals surface area contributed by atoms with Crippen molar-refractivity contribution in [3.05, 3.63) is 30.1 Å². The smallest absolute Gasteiger partial charge is 0.166 e. The van der Waals surface area contributed by atoms with E-state index in [9.17, 15) is 0 Å². The molecule has 0 saturated carbocycles. The first-order valence-corrected chi connectivity index (χ1v) is 10.4. The van der Waals surface area contributed by atoms with Crippen molar-refractivity contribution in [1.82, 2.24) is 30.4 Å². The summed E-state index contributed by atoms with van der Waals surface area (Å²) in [4.78, 5) is 14.9. The molecular formula is C20H27N9. The number of hydrogen-bond donors (Lipinski definition) is 3. The van der Waals surface area contributed by atoms with Crippen LogP contribution in [0.4, 0.5) is 5.82 Å². The molecule has 2 aromatic heterocycles. The number of rotatable bonds is 6. The molecule has 2 aliphatic rings. The number of hydrazine groups is 1. The highest BCUT2D eigenvalue weighted by Crippen LogP contribution is 2.31. The molecule has 0 amide bonds. The number of H-pyrrole nitrogens is 1. The molecule has 0 bridgehead atoms. The van der Waals surface area contributed by atoms with Crippen molar-refractivity contribution in [3.8, 4) is 0 Å². The topological polar surface area (TPSA) is 96.8 Å². The predicted molar refractivity (Wildman–Crippen MR) is 113 cm³/mol.